The molecule has 0 amide bonds. The van der Waals surface area contributed by atoms with Crippen LogP contribution in [0.25, 0.3) is 10.8 Å². The molecule has 1 heteroatoms. The van der Waals surface area contributed by atoms with Crippen LogP contribution in [0.1, 0.15) is 28.4 Å². The van der Waals surface area contributed by atoms with Crippen LogP contribution in [0.15, 0.2) is 60.7 Å². The lowest BCUT2D eigenvalue weighted by atomic mass is 9.92. The molecular formula is C19H18O. The fraction of sp³-hybridized carbons (Fsp3) is 0.158. The molecule has 0 saturated heterocycles. The van der Waals surface area contributed by atoms with Crippen molar-refractivity contribution in [3.63, 3.8) is 0 Å². The van der Waals surface area contributed by atoms with Crippen molar-refractivity contribution in [2.45, 2.75) is 20.0 Å². The number of fused-ring (bicyclic) bond motifs is 1. The highest BCUT2D eigenvalue weighted by molar-refractivity contribution is 5.87. The fourth-order valence-corrected chi connectivity index (χ4v) is 2.68. The largest absolute Gasteiger partial charge is 0.384 e. The predicted octanol–water partition coefficient (Wildman–Crippen LogP) is 4.54. The van der Waals surface area contributed by atoms with Gasteiger partial charge >= 0.3 is 0 Å². The molecule has 0 aromatic heterocycles. The van der Waals surface area contributed by atoms with E-state index in [1.807, 2.05) is 36.4 Å². The number of benzene rings is 3. The molecule has 0 unspecified atom stereocenters. The van der Waals surface area contributed by atoms with E-state index in [1.165, 1.54) is 10.9 Å². The molecule has 3 aromatic rings. The van der Waals surface area contributed by atoms with Gasteiger partial charge in [0.05, 0.1) is 0 Å². The molecule has 100 valence electrons. The molecule has 3 rings (SSSR count). The van der Waals surface area contributed by atoms with Crippen LogP contribution in [0.3, 0.4) is 0 Å². The van der Waals surface area contributed by atoms with Crippen LogP contribution in [0.2, 0.25) is 0 Å². The molecular weight excluding hydrogens is 244 g/mol. The van der Waals surface area contributed by atoms with Gasteiger partial charge in [-0.1, -0.05) is 66.2 Å². The lowest BCUT2D eigenvalue weighted by Crippen LogP contribution is -2.03. The second-order valence-electron chi connectivity index (χ2n) is 5.33. The van der Waals surface area contributed by atoms with E-state index in [2.05, 4.69) is 38.1 Å². The number of aryl methyl sites for hydroxylation is 2. The number of aliphatic hydroxyl groups excluding tert-OH is 1. The summed E-state index contributed by atoms with van der Waals surface area (Å²) >= 11 is 0. The molecule has 1 nitrogen and oxygen atoms in total. The predicted molar refractivity (Wildman–Crippen MR) is 83.9 cm³/mol. The van der Waals surface area contributed by atoms with Gasteiger partial charge in [-0.05, 0) is 41.3 Å². The minimum absolute atomic E-state index is 0.582. The molecule has 1 N–H and O–H groups in total. The van der Waals surface area contributed by atoms with E-state index in [4.69, 9.17) is 0 Å². The molecule has 1 atom stereocenters. The quantitative estimate of drug-likeness (QED) is 0.719. The summed E-state index contributed by atoms with van der Waals surface area (Å²) in [5.41, 5.74) is 4.27. The first-order valence-corrected chi connectivity index (χ1v) is 6.89. The highest BCUT2D eigenvalue weighted by Gasteiger charge is 2.15. The minimum atomic E-state index is -0.582. The van der Waals surface area contributed by atoms with Gasteiger partial charge in [0.2, 0.25) is 0 Å². The number of hydrogen-bond donors (Lipinski definition) is 1. The Morgan fingerprint density at radius 1 is 0.800 bits per heavy atom. The first kappa shape index (κ1) is 12.9. The van der Waals surface area contributed by atoms with Gasteiger partial charge in [0.25, 0.3) is 0 Å². The Hall–Kier alpha value is -2.12. The summed E-state index contributed by atoms with van der Waals surface area (Å²) < 4.78 is 0. The molecule has 3 aromatic carbocycles. The zero-order valence-electron chi connectivity index (χ0n) is 11.8. The topological polar surface area (TPSA) is 20.2 Å². The fourth-order valence-electron chi connectivity index (χ4n) is 2.68. The van der Waals surface area contributed by atoms with Crippen LogP contribution < -0.4 is 0 Å². The van der Waals surface area contributed by atoms with Crippen molar-refractivity contribution in [2.24, 2.45) is 0 Å². The number of rotatable bonds is 2. The molecule has 0 heterocycles. The monoisotopic (exact) mass is 262 g/mol. The highest BCUT2D eigenvalue weighted by Crippen LogP contribution is 2.31. The van der Waals surface area contributed by atoms with Crippen LogP contribution >= 0.6 is 0 Å². The first-order valence-electron chi connectivity index (χ1n) is 6.89. The third kappa shape index (κ3) is 2.21. The van der Waals surface area contributed by atoms with Gasteiger partial charge in [0, 0.05) is 0 Å². The number of hydrogen-bond acceptors (Lipinski definition) is 1. The minimum Gasteiger partial charge on any atom is -0.384 e. The van der Waals surface area contributed by atoms with Crippen molar-refractivity contribution in [2.75, 3.05) is 0 Å². The maximum Gasteiger partial charge on any atom is 0.105 e. The summed E-state index contributed by atoms with van der Waals surface area (Å²) in [5.74, 6) is 0. The Bertz CT molecular complexity index is 741. The summed E-state index contributed by atoms with van der Waals surface area (Å²) in [7, 11) is 0. The molecule has 0 aliphatic heterocycles. The highest BCUT2D eigenvalue weighted by atomic mass is 16.3. The lowest BCUT2D eigenvalue weighted by molar-refractivity contribution is 0.221. The summed E-state index contributed by atoms with van der Waals surface area (Å²) in [6, 6.07) is 20.5. The SMILES string of the molecule is Cc1ccc([C@H](O)c2c(C)ccc3ccccc23)cc1. The molecule has 0 saturated carbocycles. The molecule has 0 spiro atoms. The third-order valence-corrected chi connectivity index (χ3v) is 3.86. The van der Waals surface area contributed by atoms with Crippen LogP contribution in [-0.4, -0.2) is 5.11 Å². The molecule has 0 bridgehead atoms. The Kier molecular flexibility index (Phi) is 3.29. The smallest absolute Gasteiger partial charge is 0.105 e. The maximum atomic E-state index is 10.8. The summed E-state index contributed by atoms with van der Waals surface area (Å²) in [6.07, 6.45) is -0.582. The molecule has 0 fully saturated rings. The zero-order chi connectivity index (χ0) is 14.1. The van der Waals surface area contributed by atoms with Crippen molar-refractivity contribution in [1.82, 2.24) is 0 Å². The molecule has 0 radical (unpaired) electrons. The lowest BCUT2D eigenvalue weighted by Gasteiger charge is -2.17. The Morgan fingerprint density at radius 3 is 2.25 bits per heavy atom. The van der Waals surface area contributed by atoms with Crippen LogP contribution in [-0.2, 0) is 0 Å². The molecule has 20 heavy (non-hydrogen) atoms. The van der Waals surface area contributed by atoms with Crippen molar-refractivity contribution in [3.05, 3.63) is 82.9 Å². The van der Waals surface area contributed by atoms with Gasteiger partial charge in [0.1, 0.15) is 6.10 Å². The Morgan fingerprint density at radius 2 is 1.50 bits per heavy atom. The maximum absolute atomic E-state index is 10.8. The standard InChI is InChI=1S/C19H18O/c1-13-7-10-16(11-8-13)19(20)18-14(2)9-12-15-5-3-4-6-17(15)18/h3-12,19-20H,1-2H3/t19-/m0/s1. The van der Waals surface area contributed by atoms with E-state index in [9.17, 15) is 5.11 Å². The van der Waals surface area contributed by atoms with E-state index < -0.39 is 6.10 Å². The average Bonchev–Trinajstić information content (AvgIpc) is 2.47. The number of aliphatic hydroxyl groups is 1. The van der Waals surface area contributed by atoms with Gasteiger partial charge in [0.15, 0.2) is 0 Å². The second-order valence-corrected chi connectivity index (χ2v) is 5.33. The normalized spacial score (nSPS) is 12.6. The van der Waals surface area contributed by atoms with Crippen molar-refractivity contribution in [3.8, 4) is 0 Å². The molecule has 0 aliphatic rings. The summed E-state index contributed by atoms with van der Waals surface area (Å²) in [5, 5.41) is 13.1. The average molecular weight is 262 g/mol. The van der Waals surface area contributed by atoms with Crippen molar-refractivity contribution < 1.29 is 5.11 Å². The van der Waals surface area contributed by atoms with E-state index in [-0.39, 0.29) is 0 Å². The first-order chi connectivity index (χ1) is 9.66. The van der Waals surface area contributed by atoms with E-state index in [1.54, 1.807) is 0 Å². The second kappa shape index (κ2) is 5.10. The van der Waals surface area contributed by atoms with Gasteiger partial charge < -0.3 is 5.11 Å². The van der Waals surface area contributed by atoms with Gasteiger partial charge in [-0.15, -0.1) is 0 Å². The summed E-state index contributed by atoms with van der Waals surface area (Å²) in [6.45, 7) is 4.11. The van der Waals surface area contributed by atoms with E-state index in [0.29, 0.717) is 0 Å². The van der Waals surface area contributed by atoms with Gasteiger partial charge in [-0.25, -0.2) is 0 Å². The van der Waals surface area contributed by atoms with Crippen molar-refractivity contribution in [1.29, 1.82) is 0 Å². The zero-order valence-corrected chi connectivity index (χ0v) is 11.8. The van der Waals surface area contributed by atoms with Crippen LogP contribution in [0, 0.1) is 13.8 Å². The van der Waals surface area contributed by atoms with Crippen LogP contribution in [0.5, 0.6) is 0 Å². The van der Waals surface area contributed by atoms with Gasteiger partial charge in [-0.3, -0.25) is 0 Å². The van der Waals surface area contributed by atoms with Gasteiger partial charge in [-0.2, -0.15) is 0 Å². The van der Waals surface area contributed by atoms with Crippen LogP contribution in [0.4, 0.5) is 0 Å². The van der Waals surface area contributed by atoms with Crippen molar-refractivity contribution >= 4 is 10.8 Å². The molecule has 0 aliphatic carbocycles. The third-order valence-electron chi connectivity index (χ3n) is 3.86. The van der Waals surface area contributed by atoms with E-state index in [0.717, 1.165) is 22.1 Å². The van der Waals surface area contributed by atoms with E-state index >= 15 is 0 Å². The Labute approximate surface area is 119 Å². The summed E-state index contributed by atoms with van der Waals surface area (Å²) in [4.78, 5) is 0. The Balaban J connectivity index is 2.18.